The number of nitrogens with zero attached hydrogens (tertiary/aromatic N) is 3. The molecule has 3 aromatic carbocycles. The Kier molecular flexibility index (Phi) is 2.18. The molecule has 0 radical (unpaired) electrons. The maximum atomic E-state index is 5.04. The molecule has 4 heteroatoms. The first-order valence-electron chi connectivity index (χ1n) is 7.99. The van der Waals surface area contributed by atoms with Gasteiger partial charge in [0.05, 0.1) is 16.6 Å². The number of hydrogen-bond donors (Lipinski definition) is 0. The fourth-order valence-electron chi connectivity index (χ4n) is 3.85. The molecule has 0 amide bonds. The summed E-state index contributed by atoms with van der Waals surface area (Å²) in [5, 5.41) is 2.58. The first kappa shape index (κ1) is 12.6. The van der Waals surface area contributed by atoms with Crippen LogP contribution in [0.5, 0.6) is 0 Å². The summed E-state index contributed by atoms with van der Waals surface area (Å²) in [6.07, 6.45) is 0. The second-order valence-corrected chi connectivity index (χ2v) is 7.28. The van der Waals surface area contributed by atoms with E-state index in [9.17, 15) is 0 Å². The lowest BCUT2D eigenvalue weighted by Gasteiger charge is -1.97. The van der Waals surface area contributed by atoms with Crippen LogP contribution in [0.15, 0.2) is 60.7 Å². The Morgan fingerprint density at radius 2 is 1.58 bits per heavy atom. The van der Waals surface area contributed by atoms with Gasteiger partial charge in [0.15, 0.2) is 0 Å². The molecule has 6 aromatic rings. The summed E-state index contributed by atoms with van der Waals surface area (Å²) < 4.78 is 7.07. The van der Waals surface area contributed by atoms with Gasteiger partial charge in [-0.15, -0.1) is 11.3 Å². The van der Waals surface area contributed by atoms with Crippen molar-refractivity contribution in [1.82, 2.24) is 14.0 Å². The van der Waals surface area contributed by atoms with E-state index >= 15 is 0 Å². The monoisotopic (exact) mass is 327 g/mol. The van der Waals surface area contributed by atoms with Crippen molar-refractivity contribution < 1.29 is 0 Å². The highest BCUT2D eigenvalue weighted by Crippen LogP contribution is 2.39. The van der Waals surface area contributed by atoms with Gasteiger partial charge in [-0.1, -0.05) is 30.3 Å². The van der Waals surface area contributed by atoms with Crippen LogP contribution >= 0.6 is 11.3 Å². The van der Waals surface area contributed by atoms with Gasteiger partial charge in [0, 0.05) is 27.2 Å². The Bertz CT molecular complexity index is 1410. The normalized spacial score (nSPS) is 12.4. The minimum absolute atomic E-state index is 0.994. The van der Waals surface area contributed by atoms with Crippen LogP contribution in [0.25, 0.3) is 48.0 Å². The van der Waals surface area contributed by atoms with E-state index < -0.39 is 0 Å². The molecule has 0 unspecified atom stereocenters. The van der Waals surface area contributed by atoms with Crippen molar-refractivity contribution in [3.63, 3.8) is 0 Å². The summed E-state index contributed by atoms with van der Waals surface area (Å²) in [6.45, 7) is 0. The molecule has 3 nitrogen and oxygen atoms in total. The van der Waals surface area contributed by atoms with Gasteiger partial charge < -0.3 is 4.57 Å². The summed E-state index contributed by atoms with van der Waals surface area (Å²) in [5.41, 5.74) is 4.69. The second kappa shape index (κ2) is 4.16. The second-order valence-electron chi connectivity index (χ2n) is 6.20. The zero-order chi connectivity index (χ0) is 15.8. The molecule has 6 rings (SSSR count). The largest absolute Gasteiger partial charge is 0.313 e. The lowest BCUT2D eigenvalue weighted by molar-refractivity contribution is 0.974. The number of fused-ring (bicyclic) bond motifs is 9. The zero-order valence-corrected chi connectivity index (χ0v) is 13.8. The van der Waals surface area contributed by atoms with Crippen LogP contribution in [0.3, 0.4) is 0 Å². The summed E-state index contributed by atoms with van der Waals surface area (Å²) >= 11 is 1.84. The van der Waals surface area contributed by atoms with E-state index in [0.29, 0.717) is 0 Å². The van der Waals surface area contributed by atoms with Gasteiger partial charge in [-0.3, -0.25) is 4.40 Å². The highest BCUT2D eigenvalue weighted by Gasteiger charge is 2.17. The topological polar surface area (TPSA) is 22.2 Å². The van der Waals surface area contributed by atoms with Crippen molar-refractivity contribution >= 4 is 59.4 Å². The number of para-hydroxylation sites is 2. The first-order valence-corrected chi connectivity index (χ1v) is 8.80. The lowest BCUT2D eigenvalue weighted by atomic mass is 10.1. The van der Waals surface area contributed by atoms with Gasteiger partial charge in [0.2, 0.25) is 5.78 Å². The molecule has 0 saturated carbocycles. The number of imidazole rings is 2. The number of benzene rings is 3. The Hall–Kier alpha value is -2.85. The molecule has 0 aliphatic carbocycles. The van der Waals surface area contributed by atoms with E-state index in [0.717, 1.165) is 11.3 Å². The van der Waals surface area contributed by atoms with Crippen molar-refractivity contribution in [1.29, 1.82) is 0 Å². The summed E-state index contributed by atoms with van der Waals surface area (Å²) in [6, 6.07) is 21.5. The highest BCUT2D eigenvalue weighted by atomic mass is 32.1. The van der Waals surface area contributed by atoms with Gasteiger partial charge in [0.25, 0.3) is 0 Å². The molecule has 0 atom stereocenters. The summed E-state index contributed by atoms with van der Waals surface area (Å²) in [7, 11) is 2.09. The molecule has 24 heavy (non-hydrogen) atoms. The predicted molar refractivity (Wildman–Crippen MR) is 102 cm³/mol. The van der Waals surface area contributed by atoms with Gasteiger partial charge in [0.1, 0.15) is 5.52 Å². The van der Waals surface area contributed by atoms with Crippen LogP contribution < -0.4 is 0 Å². The maximum absolute atomic E-state index is 5.04. The third kappa shape index (κ3) is 1.36. The molecular formula is C20H13N3S. The van der Waals surface area contributed by atoms with Crippen LogP contribution in [0.1, 0.15) is 0 Å². The van der Waals surface area contributed by atoms with E-state index in [1.54, 1.807) is 0 Å². The molecule has 0 saturated heterocycles. The average Bonchev–Trinajstić information content (AvgIpc) is 3.25. The molecule has 0 bridgehead atoms. The zero-order valence-electron chi connectivity index (χ0n) is 13.0. The lowest BCUT2D eigenvalue weighted by Crippen LogP contribution is -1.87. The molecule has 3 aromatic heterocycles. The Morgan fingerprint density at radius 3 is 2.50 bits per heavy atom. The van der Waals surface area contributed by atoms with E-state index in [1.165, 1.54) is 36.7 Å². The standard InChI is InChI=1S/C20H13N3S/c1-22-13-7-3-4-8-14(13)23-15-10-11-17-18(19(15)21-20(22)23)12-6-2-5-9-16(12)24-17/h2-11H,1H3. The molecule has 0 aliphatic heterocycles. The van der Waals surface area contributed by atoms with Crippen LogP contribution in [-0.4, -0.2) is 14.0 Å². The van der Waals surface area contributed by atoms with Gasteiger partial charge in [-0.05, 0) is 30.3 Å². The van der Waals surface area contributed by atoms with Crippen molar-refractivity contribution in [2.24, 2.45) is 7.05 Å². The molecule has 3 heterocycles. The summed E-state index contributed by atoms with van der Waals surface area (Å²) in [5.74, 6) is 0.994. The van der Waals surface area contributed by atoms with Gasteiger partial charge in [-0.2, -0.15) is 0 Å². The minimum atomic E-state index is 0.994. The van der Waals surface area contributed by atoms with E-state index in [2.05, 4.69) is 76.7 Å². The third-order valence-electron chi connectivity index (χ3n) is 4.93. The molecule has 114 valence electrons. The molecule has 0 aliphatic rings. The maximum Gasteiger partial charge on any atom is 0.215 e. The molecule has 0 spiro atoms. The smallest absolute Gasteiger partial charge is 0.215 e. The van der Waals surface area contributed by atoms with Crippen LogP contribution in [-0.2, 0) is 7.05 Å². The number of aryl methyl sites for hydroxylation is 1. The molecule has 0 N–H and O–H groups in total. The predicted octanol–water partition coefficient (Wildman–Crippen LogP) is 5.35. The van der Waals surface area contributed by atoms with E-state index in [4.69, 9.17) is 4.98 Å². The van der Waals surface area contributed by atoms with Gasteiger partial charge in [-0.25, -0.2) is 4.98 Å². The number of thiophene rings is 1. The number of rotatable bonds is 0. The van der Waals surface area contributed by atoms with Crippen LogP contribution in [0.2, 0.25) is 0 Å². The summed E-state index contributed by atoms with van der Waals surface area (Å²) in [4.78, 5) is 5.04. The van der Waals surface area contributed by atoms with E-state index in [1.807, 2.05) is 11.3 Å². The average molecular weight is 327 g/mol. The third-order valence-corrected chi connectivity index (χ3v) is 6.07. The minimum Gasteiger partial charge on any atom is -0.313 e. The number of hydrogen-bond acceptors (Lipinski definition) is 2. The van der Waals surface area contributed by atoms with Crippen molar-refractivity contribution in [2.75, 3.05) is 0 Å². The highest BCUT2D eigenvalue weighted by molar-refractivity contribution is 7.26. The van der Waals surface area contributed by atoms with Crippen molar-refractivity contribution in [3.8, 4) is 0 Å². The Morgan fingerprint density at radius 1 is 0.792 bits per heavy atom. The van der Waals surface area contributed by atoms with E-state index in [-0.39, 0.29) is 0 Å². The Labute approximate surface area is 141 Å². The fraction of sp³-hybridized carbons (Fsp3) is 0.0500. The number of aromatic nitrogens is 3. The van der Waals surface area contributed by atoms with Crippen LogP contribution in [0, 0.1) is 0 Å². The van der Waals surface area contributed by atoms with Crippen molar-refractivity contribution in [2.45, 2.75) is 0 Å². The Balaban J connectivity index is 1.94. The first-order chi connectivity index (χ1) is 11.8. The quantitative estimate of drug-likeness (QED) is 0.369. The molecule has 0 fully saturated rings. The fourth-order valence-corrected chi connectivity index (χ4v) is 4.95. The van der Waals surface area contributed by atoms with Gasteiger partial charge >= 0.3 is 0 Å². The van der Waals surface area contributed by atoms with Crippen LogP contribution in [0.4, 0.5) is 0 Å². The SMILES string of the molecule is Cn1c2ccccc2n2c3ccc4sc5ccccc5c4c3nc12. The molecular weight excluding hydrogens is 314 g/mol. The van der Waals surface area contributed by atoms with Crippen molar-refractivity contribution in [3.05, 3.63) is 60.7 Å².